The van der Waals surface area contributed by atoms with Crippen molar-refractivity contribution >= 4 is 34.2 Å². The summed E-state index contributed by atoms with van der Waals surface area (Å²) in [7, 11) is 0. The maximum absolute atomic E-state index is 14.6. The lowest BCUT2D eigenvalue weighted by Crippen LogP contribution is -2.53. The summed E-state index contributed by atoms with van der Waals surface area (Å²) in [6, 6.07) is 5.27. The summed E-state index contributed by atoms with van der Waals surface area (Å²) >= 11 is 4.15. The molecule has 0 spiro atoms. The Balaban J connectivity index is 2.40. The normalized spacial score (nSPS) is 20.4. The highest BCUT2D eigenvalue weighted by Gasteiger charge is 2.64. The van der Waals surface area contributed by atoms with Gasteiger partial charge in [-0.3, -0.25) is 4.79 Å². The Morgan fingerprint density at radius 2 is 1.85 bits per heavy atom. The molecule has 4 nitrogen and oxygen atoms in total. The van der Waals surface area contributed by atoms with Gasteiger partial charge in [-0.15, -0.1) is 0 Å². The highest BCUT2D eigenvalue weighted by atomic mass is 35.5. The summed E-state index contributed by atoms with van der Waals surface area (Å²) in [5.74, 6) is -0.717. The third kappa shape index (κ3) is 3.23. The van der Waals surface area contributed by atoms with Crippen LogP contribution in [0.4, 0.5) is 24.5 Å². The number of rotatable bonds is 2. The molecule has 0 saturated carbocycles. The van der Waals surface area contributed by atoms with Gasteiger partial charge in [0.2, 0.25) is 0 Å². The summed E-state index contributed by atoms with van der Waals surface area (Å²) < 4.78 is 55.9. The van der Waals surface area contributed by atoms with E-state index in [0.717, 1.165) is 0 Å². The van der Waals surface area contributed by atoms with E-state index in [4.69, 9.17) is 11.6 Å². The maximum atomic E-state index is 14.6. The molecule has 2 aromatic rings. The second-order valence-electron chi connectivity index (χ2n) is 7.42. The van der Waals surface area contributed by atoms with Gasteiger partial charge in [0.15, 0.2) is 5.41 Å². The van der Waals surface area contributed by atoms with Gasteiger partial charge >= 0.3 is 6.18 Å². The fourth-order valence-electron chi connectivity index (χ4n) is 3.17. The summed E-state index contributed by atoms with van der Waals surface area (Å²) in [6.45, 7) is 4.85. The van der Waals surface area contributed by atoms with Gasteiger partial charge in [-0.05, 0) is 56.2 Å². The number of hydrogen-bond acceptors (Lipinski definition) is 3. The Bertz CT molecular complexity index is 939. The number of benzene rings is 1. The first kappa shape index (κ1) is 20.1. The number of fused-ring (bicyclic) bond motifs is 2. The van der Waals surface area contributed by atoms with Gasteiger partial charge in [-0.2, -0.15) is 13.2 Å². The molecule has 0 fully saturated rings. The quantitative estimate of drug-likeness (QED) is 0.706. The van der Waals surface area contributed by atoms with Crippen molar-refractivity contribution < 1.29 is 17.7 Å². The zero-order valence-corrected chi connectivity index (χ0v) is 16.4. The second-order valence-corrected chi connectivity index (χ2v) is 10.1. The molecule has 146 valence electrons. The minimum atomic E-state index is -4.81. The van der Waals surface area contributed by atoms with E-state index in [0.29, 0.717) is 0 Å². The minimum absolute atomic E-state index is 0.117. The van der Waals surface area contributed by atoms with E-state index >= 15 is 0 Å². The Labute approximate surface area is 162 Å². The van der Waals surface area contributed by atoms with Gasteiger partial charge in [0, 0.05) is 28.0 Å². The molecule has 2 heterocycles. The molecule has 1 aliphatic heterocycles. The van der Waals surface area contributed by atoms with Crippen LogP contribution in [0, 0.1) is 0 Å². The number of aromatic nitrogens is 1. The van der Waals surface area contributed by atoms with Crippen LogP contribution in [0.25, 0.3) is 0 Å². The number of pyridine rings is 1. The standard InChI is InChI=1S/C18H18ClF3N2O2S/c1-16(2,3)27(26)9-17(18(20,21)22)11-6-7-23-15(25)14(11)24-13-5-4-10(19)8-12(13)17/h4-8,24H,9H2,1-3H3,(H,23,25). The lowest BCUT2D eigenvalue weighted by molar-refractivity contribution is -0.172. The lowest BCUT2D eigenvalue weighted by atomic mass is 9.72. The molecule has 0 amide bonds. The van der Waals surface area contributed by atoms with E-state index in [-0.39, 0.29) is 27.5 Å². The summed E-state index contributed by atoms with van der Waals surface area (Å²) in [4.78, 5) is 14.6. The zero-order valence-electron chi connectivity index (χ0n) is 14.8. The lowest BCUT2D eigenvalue weighted by Gasteiger charge is -2.43. The predicted octanol–water partition coefficient (Wildman–Crippen LogP) is 4.48. The number of alkyl halides is 3. The van der Waals surface area contributed by atoms with Gasteiger partial charge in [0.1, 0.15) is 16.2 Å². The Kier molecular flexibility index (Phi) is 4.81. The SMILES string of the molecule is CC(C)(C)[S+]([O-])CC1(C(F)(F)F)c2cc(Cl)ccc2Nc2c1cc[nH]c2=O. The zero-order chi connectivity index (χ0) is 20.2. The Morgan fingerprint density at radius 1 is 1.19 bits per heavy atom. The monoisotopic (exact) mass is 418 g/mol. The van der Waals surface area contributed by atoms with Crippen LogP contribution in [0.1, 0.15) is 31.9 Å². The smallest absolute Gasteiger partial charge is 0.407 e. The fourth-order valence-corrected chi connectivity index (χ4v) is 4.65. The third-order valence-electron chi connectivity index (χ3n) is 4.64. The Hall–Kier alpha value is -1.64. The van der Waals surface area contributed by atoms with Crippen LogP contribution in [0.3, 0.4) is 0 Å². The molecule has 1 aliphatic rings. The average molecular weight is 419 g/mol. The molecule has 0 bridgehead atoms. The summed E-state index contributed by atoms with van der Waals surface area (Å²) in [5, 5.41) is 2.90. The van der Waals surface area contributed by atoms with Crippen molar-refractivity contribution in [2.75, 3.05) is 11.1 Å². The van der Waals surface area contributed by atoms with Gasteiger partial charge in [-0.25, -0.2) is 0 Å². The van der Waals surface area contributed by atoms with Gasteiger partial charge in [0.25, 0.3) is 5.56 Å². The highest BCUT2D eigenvalue weighted by Crippen LogP contribution is 2.55. The molecule has 0 aliphatic carbocycles. The van der Waals surface area contributed by atoms with E-state index in [1.165, 1.54) is 30.5 Å². The number of nitrogens with one attached hydrogen (secondary N) is 2. The van der Waals surface area contributed by atoms with Crippen molar-refractivity contribution in [1.82, 2.24) is 4.98 Å². The van der Waals surface area contributed by atoms with Gasteiger partial charge in [-0.1, -0.05) is 11.6 Å². The molecule has 1 aromatic carbocycles. The average Bonchev–Trinajstić information content (AvgIpc) is 2.53. The molecule has 1 aromatic heterocycles. The second kappa shape index (κ2) is 6.46. The number of hydrogen-bond donors (Lipinski definition) is 2. The topological polar surface area (TPSA) is 67.9 Å². The first-order valence-corrected chi connectivity index (χ1v) is 9.82. The fraction of sp³-hybridized carbons (Fsp3) is 0.389. The largest absolute Gasteiger partial charge is 0.616 e. The maximum Gasteiger partial charge on any atom is 0.407 e. The number of H-pyrrole nitrogens is 1. The van der Waals surface area contributed by atoms with E-state index in [9.17, 15) is 22.5 Å². The van der Waals surface area contributed by atoms with Crippen molar-refractivity contribution in [1.29, 1.82) is 0 Å². The molecule has 3 rings (SSSR count). The van der Waals surface area contributed by atoms with Crippen molar-refractivity contribution in [3.8, 4) is 0 Å². The van der Waals surface area contributed by atoms with Crippen LogP contribution >= 0.6 is 11.6 Å². The van der Waals surface area contributed by atoms with E-state index in [2.05, 4.69) is 10.3 Å². The molecule has 2 unspecified atom stereocenters. The first-order chi connectivity index (χ1) is 12.4. The van der Waals surface area contributed by atoms with E-state index in [1.807, 2.05) is 0 Å². The van der Waals surface area contributed by atoms with Crippen molar-refractivity contribution in [2.24, 2.45) is 0 Å². The van der Waals surface area contributed by atoms with Crippen LogP contribution in [0.5, 0.6) is 0 Å². The summed E-state index contributed by atoms with van der Waals surface area (Å²) in [6.07, 6.45) is -3.64. The van der Waals surface area contributed by atoms with Gasteiger partial charge < -0.3 is 14.9 Å². The predicted molar refractivity (Wildman–Crippen MR) is 101 cm³/mol. The molecular formula is C18H18ClF3N2O2S. The number of anilines is 2. The number of aromatic amines is 1. The van der Waals surface area contributed by atoms with Crippen LogP contribution in [0.15, 0.2) is 35.3 Å². The molecule has 0 saturated heterocycles. The summed E-state index contributed by atoms with van der Waals surface area (Å²) in [5.41, 5.74) is -3.78. The van der Waals surface area contributed by atoms with Crippen LogP contribution in [0.2, 0.25) is 5.02 Å². The molecule has 0 radical (unpaired) electrons. The molecule has 2 atom stereocenters. The van der Waals surface area contributed by atoms with E-state index in [1.54, 1.807) is 20.8 Å². The molecule has 2 N–H and O–H groups in total. The van der Waals surface area contributed by atoms with Crippen molar-refractivity contribution in [2.45, 2.75) is 37.1 Å². The van der Waals surface area contributed by atoms with Gasteiger partial charge in [0.05, 0.1) is 0 Å². The van der Waals surface area contributed by atoms with Crippen LogP contribution in [-0.4, -0.2) is 26.2 Å². The third-order valence-corrected chi connectivity index (χ3v) is 6.93. The van der Waals surface area contributed by atoms with E-state index < -0.39 is 38.8 Å². The molecule has 9 heteroatoms. The first-order valence-electron chi connectivity index (χ1n) is 8.12. The van der Waals surface area contributed by atoms with Crippen molar-refractivity contribution in [3.63, 3.8) is 0 Å². The minimum Gasteiger partial charge on any atom is -0.616 e. The number of halogens is 4. The Morgan fingerprint density at radius 3 is 2.44 bits per heavy atom. The highest BCUT2D eigenvalue weighted by molar-refractivity contribution is 7.92. The van der Waals surface area contributed by atoms with Crippen LogP contribution < -0.4 is 10.9 Å². The van der Waals surface area contributed by atoms with Crippen LogP contribution in [-0.2, 0) is 16.6 Å². The molecule has 27 heavy (non-hydrogen) atoms. The van der Waals surface area contributed by atoms with Crippen molar-refractivity contribution in [3.05, 3.63) is 57.0 Å². The molecular weight excluding hydrogens is 401 g/mol.